The minimum Gasteiger partial charge on any atom is -0.326 e. The zero-order chi connectivity index (χ0) is 21.8. The third kappa shape index (κ3) is 5.56. The Bertz CT molecular complexity index is 1000. The monoisotopic (exact) mass is 449 g/mol. The number of aromatic nitrogens is 1. The van der Waals surface area contributed by atoms with Crippen LogP contribution in [-0.2, 0) is 11.2 Å². The number of amides is 1. The van der Waals surface area contributed by atoms with E-state index in [1.165, 1.54) is 11.1 Å². The van der Waals surface area contributed by atoms with Crippen molar-refractivity contribution in [1.82, 2.24) is 4.98 Å². The maximum atomic E-state index is 13.3. The fraction of sp³-hybridized carbons (Fsp3) is 0.333. The molecule has 4 nitrogen and oxygen atoms in total. The van der Waals surface area contributed by atoms with E-state index in [9.17, 15) is 4.79 Å². The summed E-state index contributed by atoms with van der Waals surface area (Å²) in [5.41, 5.74) is 11.7. The van der Waals surface area contributed by atoms with Gasteiger partial charge in [-0.25, -0.2) is 0 Å². The molecule has 1 aliphatic rings. The first-order valence-electron chi connectivity index (χ1n) is 11.2. The first-order valence-corrected chi connectivity index (χ1v) is 11.2. The third-order valence-corrected chi connectivity index (χ3v) is 5.92. The molecule has 0 unspecified atom stereocenters. The van der Waals surface area contributed by atoms with Gasteiger partial charge in [0.05, 0.1) is 0 Å². The maximum absolute atomic E-state index is 13.3. The lowest BCUT2D eigenvalue weighted by atomic mass is 10.0. The summed E-state index contributed by atoms with van der Waals surface area (Å²) in [5, 5.41) is 0. The van der Waals surface area contributed by atoms with Crippen LogP contribution >= 0.6 is 12.4 Å². The van der Waals surface area contributed by atoms with Crippen LogP contribution in [0.15, 0.2) is 72.9 Å². The minimum atomic E-state index is -0.0956. The maximum Gasteiger partial charge on any atom is 0.230 e. The Kier molecular flexibility index (Phi) is 8.05. The Labute approximate surface area is 197 Å². The van der Waals surface area contributed by atoms with E-state index < -0.39 is 0 Å². The third-order valence-electron chi connectivity index (χ3n) is 5.92. The minimum absolute atomic E-state index is 0. The molecule has 5 heteroatoms. The van der Waals surface area contributed by atoms with Crippen LogP contribution in [0.1, 0.15) is 43.9 Å². The number of hydrogen-bond acceptors (Lipinski definition) is 3. The highest BCUT2D eigenvalue weighted by Crippen LogP contribution is 2.48. The van der Waals surface area contributed by atoms with Gasteiger partial charge in [0.2, 0.25) is 5.91 Å². The summed E-state index contributed by atoms with van der Waals surface area (Å²) in [6.45, 7) is 4.65. The molecule has 2 aromatic carbocycles. The van der Waals surface area contributed by atoms with Crippen molar-refractivity contribution in [2.24, 2.45) is 11.7 Å². The number of halogens is 1. The first kappa shape index (κ1) is 24.0. The summed E-state index contributed by atoms with van der Waals surface area (Å²) in [4.78, 5) is 19.6. The molecule has 168 valence electrons. The number of carbonyl (C=O) groups excluding carboxylic acids is 1. The molecule has 3 aromatic rings. The van der Waals surface area contributed by atoms with Gasteiger partial charge in [0.25, 0.3) is 0 Å². The lowest BCUT2D eigenvalue weighted by Gasteiger charge is -2.25. The number of benzene rings is 2. The molecule has 0 aliphatic heterocycles. The molecule has 1 aliphatic carbocycles. The first-order chi connectivity index (χ1) is 15.1. The number of pyridine rings is 1. The van der Waals surface area contributed by atoms with Gasteiger partial charge in [0.15, 0.2) is 0 Å². The molecular weight excluding hydrogens is 418 g/mol. The van der Waals surface area contributed by atoms with Crippen molar-refractivity contribution in [3.63, 3.8) is 0 Å². The Hall–Kier alpha value is -2.69. The topological polar surface area (TPSA) is 59.2 Å². The van der Waals surface area contributed by atoms with Crippen LogP contribution in [-0.4, -0.2) is 23.5 Å². The Balaban J connectivity index is 0.00000289. The van der Waals surface area contributed by atoms with Gasteiger partial charge in [-0.2, -0.15) is 0 Å². The Morgan fingerprint density at radius 1 is 1.06 bits per heavy atom. The van der Waals surface area contributed by atoms with Crippen molar-refractivity contribution in [2.45, 2.75) is 45.1 Å². The van der Waals surface area contributed by atoms with Crippen LogP contribution in [0.3, 0.4) is 0 Å². The van der Waals surface area contributed by atoms with Crippen molar-refractivity contribution in [1.29, 1.82) is 0 Å². The molecule has 0 radical (unpaired) electrons. The second-order valence-electron chi connectivity index (χ2n) is 8.62. The molecule has 2 N–H and O–H groups in total. The number of nitrogens with two attached hydrogens (primary N) is 1. The van der Waals surface area contributed by atoms with Gasteiger partial charge >= 0.3 is 0 Å². The fourth-order valence-electron chi connectivity index (χ4n) is 4.19. The number of rotatable bonds is 8. The SMILES string of the molecule is CCCc1ccc(-c2ccc(N(C[C@H](C)N)C(=O)[C@@H]3C[C@H]3c3ccccn3)cc2)cc1.Cl. The molecule has 0 bridgehead atoms. The molecule has 1 aromatic heterocycles. The van der Waals surface area contributed by atoms with Crippen molar-refractivity contribution in [3.05, 3.63) is 84.2 Å². The summed E-state index contributed by atoms with van der Waals surface area (Å²) in [6.07, 6.45) is 4.91. The van der Waals surface area contributed by atoms with Crippen LogP contribution in [0.2, 0.25) is 0 Å². The van der Waals surface area contributed by atoms with Crippen molar-refractivity contribution < 1.29 is 4.79 Å². The summed E-state index contributed by atoms with van der Waals surface area (Å²) in [5.74, 6) is 0.342. The molecule has 1 fully saturated rings. The Morgan fingerprint density at radius 2 is 1.72 bits per heavy atom. The predicted octanol–water partition coefficient (Wildman–Crippen LogP) is 5.61. The molecule has 1 amide bonds. The summed E-state index contributed by atoms with van der Waals surface area (Å²) >= 11 is 0. The zero-order valence-corrected chi connectivity index (χ0v) is 19.6. The zero-order valence-electron chi connectivity index (χ0n) is 18.8. The number of nitrogens with zero attached hydrogens (tertiary/aromatic N) is 2. The van der Waals surface area contributed by atoms with Gasteiger partial charge in [-0.1, -0.05) is 55.8 Å². The predicted molar refractivity (Wildman–Crippen MR) is 134 cm³/mol. The smallest absolute Gasteiger partial charge is 0.230 e. The lowest BCUT2D eigenvalue weighted by Crippen LogP contribution is -2.41. The van der Waals surface area contributed by atoms with E-state index in [1.807, 2.05) is 42.2 Å². The second kappa shape index (κ2) is 10.8. The summed E-state index contributed by atoms with van der Waals surface area (Å²) in [7, 11) is 0. The highest BCUT2D eigenvalue weighted by Gasteiger charge is 2.46. The van der Waals surface area contributed by atoms with Gasteiger partial charge in [0.1, 0.15) is 0 Å². The molecule has 1 heterocycles. The lowest BCUT2D eigenvalue weighted by molar-refractivity contribution is -0.119. The average molecular weight is 450 g/mol. The van der Waals surface area contributed by atoms with Gasteiger partial charge in [0, 0.05) is 42.0 Å². The van der Waals surface area contributed by atoms with E-state index in [-0.39, 0.29) is 36.2 Å². The molecular formula is C27H32ClN3O. The largest absolute Gasteiger partial charge is 0.326 e. The van der Waals surface area contributed by atoms with Crippen molar-refractivity contribution in [3.8, 4) is 11.1 Å². The fourth-order valence-corrected chi connectivity index (χ4v) is 4.19. The standard InChI is InChI=1S/C27H31N3O.ClH/c1-3-6-20-8-10-21(11-9-20)22-12-14-23(15-13-22)30(18-19(2)28)27(31)25-17-24(25)26-7-4-5-16-29-26;/h4-5,7-16,19,24-25H,3,6,17-18,28H2,1-2H3;1H/t19-,24+,25+;/m0./s1. The molecule has 0 spiro atoms. The molecule has 0 saturated heterocycles. The number of anilines is 1. The van der Waals surface area contributed by atoms with E-state index in [1.54, 1.807) is 6.20 Å². The number of carbonyl (C=O) groups is 1. The van der Waals surface area contributed by atoms with Crippen molar-refractivity contribution in [2.75, 3.05) is 11.4 Å². The van der Waals surface area contributed by atoms with Gasteiger partial charge in [-0.15, -0.1) is 12.4 Å². The van der Waals surface area contributed by atoms with Gasteiger partial charge in [-0.3, -0.25) is 9.78 Å². The van der Waals surface area contributed by atoms with Crippen LogP contribution in [0, 0.1) is 5.92 Å². The van der Waals surface area contributed by atoms with E-state index in [4.69, 9.17) is 5.73 Å². The number of aryl methyl sites for hydroxylation is 1. The molecule has 1 saturated carbocycles. The van der Waals surface area contributed by atoms with Gasteiger partial charge < -0.3 is 10.6 Å². The van der Waals surface area contributed by atoms with Crippen molar-refractivity contribution >= 4 is 24.0 Å². The Morgan fingerprint density at radius 3 is 2.28 bits per heavy atom. The molecule has 4 rings (SSSR count). The summed E-state index contributed by atoms with van der Waals surface area (Å²) in [6, 6.07) is 22.8. The van der Waals surface area contributed by atoms with Crippen LogP contribution in [0.5, 0.6) is 0 Å². The number of hydrogen-bond donors (Lipinski definition) is 1. The van der Waals surface area contributed by atoms with Crippen LogP contribution in [0.4, 0.5) is 5.69 Å². The highest BCUT2D eigenvalue weighted by atomic mass is 35.5. The quantitative estimate of drug-likeness (QED) is 0.486. The van der Waals surface area contributed by atoms with E-state index in [0.29, 0.717) is 6.54 Å². The molecule has 3 atom stereocenters. The highest BCUT2D eigenvalue weighted by molar-refractivity contribution is 5.97. The van der Waals surface area contributed by atoms with E-state index in [0.717, 1.165) is 36.2 Å². The van der Waals surface area contributed by atoms with E-state index in [2.05, 4.69) is 48.3 Å². The second-order valence-corrected chi connectivity index (χ2v) is 8.62. The normalized spacial score (nSPS) is 17.8. The van der Waals surface area contributed by atoms with Crippen LogP contribution < -0.4 is 10.6 Å². The average Bonchev–Trinajstić information content (AvgIpc) is 3.60. The summed E-state index contributed by atoms with van der Waals surface area (Å²) < 4.78 is 0. The van der Waals surface area contributed by atoms with E-state index >= 15 is 0 Å². The molecule has 32 heavy (non-hydrogen) atoms. The van der Waals surface area contributed by atoms with Crippen LogP contribution in [0.25, 0.3) is 11.1 Å². The van der Waals surface area contributed by atoms with Gasteiger partial charge in [-0.05, 0) is 60.7 Å².